The average molecular weight is 590 g/mol. The predicted octanol–water partition coefficient (Wildman–Crippen LogP) is 4.25. The molecule has 3 fully saturated rings. The average Bonchev–Trinajstić information content (AvgIpc) is 3.58. The summed E-state index contributed by atoms with van der Waals surface area (Å²) >= 11 is 0. The molecule has 6 rings (SSSR count). The van der Waals surface area contributed by atoms with E-state index in [-0.39, 0.29) is 29.9 Å². The van der Waals surface area contributed by atoms with E-state index in [2.05, 4.69) is 54.2 Å². The number of piperazine rings is 1. The molecule has 1 N–H and O–H groups in total. The van der Waals surface area contributed by atoms with Gasteiger partial charge in [0.05, 0.1) is 25.5 Å². The van der Waals surface area contributed by atoms with Crippen LogP contribution in [0.3, 0.4) is 0 Å². The van der Waals surface area contributed by atoms with Gasteiger partial charge in [-0.3, -0.25) is 9.59 Å². The zero-order valence-corrected chi connectivity index (χ0v) is 26.1. The molecule has 232 valence electrons. The lowest BCUT2D eigenvalue weighted by Gasteiger charge is -2.34. The van der Waals surface area contributed by atoms with E-state index < -0.39 is 6.04 Å². The number of hydrogen-bond acceptors (Lipinski definition) is 7. The van der Waals surface area contributed by atoms with Crippen LogP contribution in [-0.4, -0.2) is 91.7 Å². The molecule has 6 atom stereocenters. The number of benzene rings is 1. The molecule has 9 nitrogen and oxygen atoms in total. The van der Waals surface area contributed by atoms with Crippen molar-refractivity contribution in [3.05, 3.63) is 36.5 Å². The normalized spacial score (nSPS) is 31.4. The Bertz CT molecular complexity index is 1360. The fourth-order valence-corrected chi connectivity index (χ4v) is 7.09. The minimum absolute atomic E-state index is 0.0410. The zero-order chi connectivity index (χ0) is 30.1. The maximum Gasteiger partial charge on any atom is 0.243 e. The largest absolute Gasteiger partial charge is 0.497 e. The number of allylic oxidation sites excluding steroid dienone is 1. The third-order valence-corrected chi connectivity index (χ3v) is 9.75. The minimum atomic E-state index is -0.534. The molecule has 1 aliphatic carbocycles. The highest BCUT2D eigenvalue weighted by Gasteiger charge is 2.44. The molecule has 2 aromatic rings. The first-order valence-electron chi connectivity index (χ1n) is 16.1. The summed E-state index contributed by atoms with van der Waals surface area (Å²) in [6.07, 6.45) is 11.2. The van der Waals surface area contributed by atoms with Crippen molar-refractivity contribution in [2.24, 2.45) is 17.8 Å². The lowest BCUT2D eigenvalue weighted by atomic mass is 9.91. The summed E-state index contributed by atoms with van der Waals surface area (Å²) in [5, 5.41) is 5.17. The Morgan fingerprint density at radius 1 is 1.00 bits per heavy atom. The van der Waals surface area contributed by atoms with Crippen molar-refractivity contribution in [3.63, 3.8) is 0 Å². The Morgan fingerprint density at radius 2 is 1.81 bits per heavy atom. The van der Waals surface area contributed by atoms with Crippen molar-refractivity contribution < 1.29 is 19.1 Å². The maximum atomic E-state index is 13.7. The molecular weight excluding hydrogens is 542 g/mol. The molecule has 4 heterocycles. The van der Waals surface area contributed by atoms with Gasteiger partial charge in [-0.05, 0) is 68.7 Å². The summed E-state index contributed by atoms with van der Waals surface area (Å²) in [5.74, 6) is 2.51. The molecule has 9 heteroatoms. The van der Waals surface area contributed by atoms with Gasteiger partial charge in [-0.25, -0.2) is 4.98 Å². The van der Waals surface area contributed by atoms with E-state index in [4.69, 9.17) is 14.5 Å². The molecular formula is C34H47N5O4. The first kappa shape index (κ1) is 29.7. The van der Waals surface area contributed by atoms with E-state index >= 15 is 0 Å². The van der Waals surface area contributed by atoms with E-state index in [1.165, 1.54) is 0 Å². The Hall–Kier alpha value is -3.33. The second kappa shape index (κ2) is 12.7. The third-order valence-electron chi connectivity index (χ3n) is 9.75. The molecule has 2 amide bonds. The molecule has 0 radical (unpaired) electrons. The van der Waals surface area contributed by atoms with Gasteiger partial charge >= 0.3 is 0 Å². The highest BCUT2D eigenvalue weighted by atomic mass is 16.5. The minimum Gasteiger partial charge on any atom is -0.497 e. The first-order valence-corrected chi connectivity index (χ1v) is 16.1. The van der Waals surface area contributed by atoms with Crippen molar-refractivity contribution in [2.75, 3.05) is 51.8 Å². The summed E-state index contributed by atoms with van der Waals surface area (Å²) in [6, 6.07) is 5.61. The van der Waals surface area contributed by atoms with Crippen molar-refractivity contribution in [2.45, 2.75) is 70.6 Å². The number of pyridine rings is 1. The number of aromatic nitrogens is 1. The fourth-order valence-electron chi connectivity index (χ4n) is 7.09. The highest BCUT2D eigenvalue weighted by Crippen LogP contribution is 2.37. The van der Waals surface area contributed by atoms with E-state index in [0.29, 0.717) is 37.1 Å². The van der Waals surface area contributed by atoms with E-state index in [0.717, 1.165) is 74.1 Å². The van der Waals surface area contributed by atoms with Gasteiger partial charge in [0.2, 0.25) is 17.7 Å². The van der Waals surface area contributed by atoms with Crippen molar-refractivity contribution in [3.8, 4) is 11.6 Å². The monoisotopic (exact) mass is 589 g/mol. The Balaban J connectivity index is 1.24. The second-order valence-corrected chi connectivity index (χ2v) is 13.4. The smallest absolute Gasteiger partial charge is 0.243 e. The summed E-state index contributed by atoms with van der Waals surface area (Å²) in [6.45, 7) is 8.66. The van der Waals surface area contributed by atoms with Crippen LogP contribution in [0.5, 0.6) is 11.6 Å². The van der Waals surface area contributed by atoms with Crippen molar-refractivity contribution in [1.29, 1.82) is 0 Å². The van der Waals surface area contributed by atoms with Crippen LogP contribution in [0.25, 0.3) is 10.8 Å². The van der Waals surface area contributed by atoms with Crippen LogP contribution in [0, 0.1) is 17.8 Å². The Kier molecular flexibility index (Phi) is 8.80. The molecule has 0 unspecified atom stereocenters. The predicted molar refractivity (Wildman–Crippen MR) is 169 cm³/mol. The van der Waals surface area contributed by atoms with Crippen LogP contribution in [0.2, 0.25) is 0 Å². The summed E-state index contributed by atoms with van der Waals surface area (Å²) in [7, 11) is 3.83. The van der Waals surface area contributed by atoms with Crippen LogP contribution < -0.4 is 19.7 Å². The molecule has 1 aromatic heterocycles. The van der Waals surface area contributed by atoms with Gasteiger partial charge in [-0.15, -0.1) is 0 Å². The summed E-state index contributed by atoms with van der Waals surface area (Å²) in [5.41, 5.74) is 1.07. The molecule has 2 saturated heterocycles. The highest BCUT2D eigenvalue weighted by molar-refractivity contribution is 5.98. The summed E-state index contributed by atoms with van der Waals surface area (Å²) in [4.78, 5) is 38.5. The number of methoxy groups -OCH3 is 1. The Morgan fingerprint density at radius 3 is 2.60 bits per heavy atom. The summed E-state index contributed by atoms with van der Waals surface area (Å²) < 4.78 is 12.2. The number of likely N-dealkylation sites (N-methyl/N-ethyl adjacent to an activating group) is 1. The number of fused-ring (bicyclic) bond motifs is 3. The third kappa shape index (κ3) is 6.77. The molecule has 3 aliphatic heterocycles. The van der Waals surface area contributed by atoms with Gasteiger partial charge in [-0.1, -0.05) is 26.0 Å². The SMILES string of the molecule is COc1ccc2c(O[C@@H]3C[C@H]4C(=O)N[C@@H]5C[C@H]5/C=C\CC[C@@H](C)C[C@@H](C)CC(=O)N4C3)ncc(N3CCN(C)CC3)c2c1. The number of ether oxygens (including phenoxy) is 2. The number of rotatable bonds is 4. The quantitative estimate of drug-likeness (QED) is 0.534. The zero-order valence-electron chi connectivity index (χ0n) is 26.1. The number of nitrogens with one attached hydrogen (secondary N) is 1. The van der Waals surface area contributed by atoms with E-state index in [1.807, 2.05) is 18.3 Å². The molecule has 1 saturated carbocycles. The first-order chi connectivity index (χ1) is 20.8. The number of amides is 2. The topological polar surface area (TPSA) is 87.2 Å². The van der Waals surface area contributed by atoms with Gasteiger partial charge in [-0.2, -0.15) is 0 Å². The molecule has 0 spiro atoms. The van der Waals surface area contributed by atoms with Gasteiger partial charge in [0.1, 0.15) is 17.9 Å². The number of anilines is 1. The number of carbonyl (C=O) groups is 2. The van der Waals surface area contributed by atoms with Gasteiger partial charge < -0.3 is 29.5 Å². The lowest BCUT2D eigenvalue weighted by Crippen LogP contribution is -2.47. The van der Waals surface area contributed by atoms with Gasteiger partial charge in [0.25, 0.3) is 0 Å². The van der Waals surface area contributed by atoms with Crippen LogP contribution in [-0.2, 0) is 9.59 Å². The molecule has 4 aliphatic rings. The van der Waals surface area contributed by atoms with Crippen LogP contribution in [0.4, 0.5) is 5.69 Å². The molecule has 0 bridgehead atoms. The maximum absolute atomic E-state index is 13.7. The number of hydrogen-bond donors (Lipinski definition) is 1. The second-order valence-electron chi connectivity index (χ2n) is 13.4. The van der Waals surface area contributed by atoms with Crippen LogP contribution in [0.15, 0.2) is 36.5 Å². The molecule has 43 heavy (non-hydrogen) atoms. The standard InChI is InChI=1S/C34H47N5O4/c1-22-7-5-6-8-24-17-29(24)36-33(41)30-19-26(21-39(30)32(40)16-23(2)15-22)43-34-27-10-9-25(42-4)18-28(27)31(20-35-34)38-13-11-37(3)12-14-38/h6,8-10,18,20,22-24,26,29-30H,5,7,11-17,19,21H2,1-4H3,(H,36,41)/b8-6-/t22-,23-,24-,26-,29-,30+/m1/s1. The van der Waals surface area contributed by atoms with Crippen LogP contribution in [0.1, 0.15) is 52.4 Å². The van der Waals surface area contributed by atoms with Gasteiger partial charge in [0, 0.05) is 55.8 Å². The number of carbonyl (C=O) groups excluding carboxylic acids is 2. The van der Waals surface area contributed by atoms with E-state index in [9.17, 15) is 9.59 Å². The number of nitrogens with zero attached hydrogens (tertiary/aromatic N) is 4. The van der Waals surface area contributed by atoms with Crippen molar-refractivity contribution >= 4 is 28.3 Å². The Labute approximate surface area is 255 Å². The van der Waals surface area contributed by atoms with Crippen molar-refractivity contribution in [1.82, 2.24) is 20.1 Å². The fraction of sp³-hybridized carbons (Fsp3) is 0.618. The lowest BCUT2D eigenvalue weighted by molar-refractivity contribution is -0.139. The van der Waals surface area contributed by atoms with Crippen LogP contribution >= 0.6 is 0 Å². The van der Waals surface area contributed by atoms with E-state index in [1.54, 1.807) is 12.0 Å². The molecule has 1 aromatic carbocycles. The van der Waals surface area contributed by atoms with Gasteiger partial charge in [0.15, 0.2) is 0 Å².